The van der Waals surface area contributed by atoms with Gasteiger partial charge in [0.15, 0.2) is 6.20 Å². The lowest BCUT2D eigenvalue weighted by Crippen LogP contribution is -2.21. The summed E-state index contributed by atoms with van der Waals surface area (Å²) in [5.74, 6) is 0. The van der Waals surface area contributed by atoms with Crippen LogP contribution in [0.2, 0.25) is 0 Å². The molecule has 1 aromatic carbocycles. The lowest BCUT2D eigenvalue weighted by Gasteiger charge is -1.95. The SMILES string of the molecule is F[B-](F)(F)F.c1ccc2c(c1)ccc1cccc[n+]12. The molecule has 0 bridgehead atoms. The monoisotopic (exact) mass is 267 g/mol. The van der Waals surface area contributed by atoms with Crippen LogP contribution in [0.3, 0.4) is 0 Å². The molecule has 0 saturated heterocycles. The van der Waals surface area contributed by atoms with Crippen molar-refractivity contribution in [2.45, 2.75) is 0 Å². The Morgan fingerprint density at radius 2 is 1.37 bits per heavy atom. The maximum absolute atomic E-state index is 9.75. The summed E-state index contributed by atoms with van der Waals surface area (Å²) in [6.45, 7) is 0. The molecule has 2 heterocycles. The van der Waals surface area contributed by atoms with E-state index in [0.717, 1.165) is 0 Å². The highest BCUT2D eigenvalue weighted by molar-refractivity contribution is 6.50. The molecular weight excluding hydrogens is 257 g/mol. The molecular formula is C13H10BF4N. The van der Waals surface area contributed by atoms with E-state index in [4.69, 9.17) is 0 Å². The number of hydrogen-bond acceptors (Lipinski definition) is 0. The second-order valence-electron chi connectivity index (χ2n) is 3.88. The molecule has 0 N–H and O–H groups in total. The Hall–Kier alpha value is -2.11. The first kappa shape index (κ1) is 13.3. The summed E-state index contributed by atoms with van der Waals surface area (Å²) in [4.78, 5) is 0. The van der Waals surface area contributed by atoms with Crippen LogP contribution in [0.4, 0.5) is 17.3 Å². The molecule has 0 unspecified atom stereocenters. The molecule has 19 heavy (non-hydrogen) atoms. The van der Waals surface area contributed by atoms with Crippen molar-refractivity contribution in [3.8, 4) is 0 Å². The van der Waals surface area contributed by atoms with Crippen LogP contribution in [0.1, 0.15) is 0 Å². The zero-order valence-corrected chi connectivity index (χ0v) is 9.81. The molecule has 0 aliphatic carbocycles. The maximum atomic E-state index is 9.75. The van der Waals surface area contributed by atoms with E-state index in [1.807, 2.05) is 0 Å². The van der Waals surface area contributed by atoms with E-state index in [-0.39, 0.29) is 0 Å². The normalized spacial score (nSPS) is 11.2. The zero-order chi connectivity index (χ0) is 13.9. The third-order valence-corrected chi connectivity index (χ3v) is 2.52. The zero-order valence-electron chi connectivity index (χ0n) is 9.81. The van der Waals surface area contributed by atoms with Gasteiger partial charge in [0.25, 0.3) is 0 Å². The highest BCUT2D eigenvalue weighted by atomic mass is 19.5. The van der Waals surface area contributed by atoms with Crippen molar-refractivity contribution in [3.05, 3.63) is 60.8 Å². The van der Waals surface area contributed by atoms with Gasteiger partial charge in [-0.2, -0.15) is 4.40 Å². The molecule has 0 spiro atoms. The van der Waals surface area contributed by atoms with Crippen LogP contribution in [-0.4, -0.2) is 7.25 Å². The largest absolute Gasteiger partial charge is 0.673 e. The minimum Gasteiger partial charge on any atom is -0.418 e. The smallest absolute Gasteiger partial charge is 0.418 e. The predicted octanol–water partition coefficient (Wildman–Crippen LogP) is 3.88. The van der Waals surface area contributed by atoms with Crippen molar-refractivity contribution in [1.29, 1.82) is 0 Å². The molecule has 0 atom stereocenters. The summed E-state index contributed by atoms with van der Waals surface area (Å²) in [5, 5.41) is 1.27. The van der Waals surface area contributed by atoms with Gasteiger partial charge < -0.3 is 17.3 Å². The highest BCUT2D eigenvalue weighted by Crippen LogP contribution is 2.10. The van der Waals surface area contributed by atoms with Gasteiger partial charge in [-0.1, -0.05) is 12.1 Å². The third-order valence-electron chi connectivity index (χ3n) is 2.52. The van der Waals surface area contributed by atoms with E-state index >= 15 is 0 Å². The van der Waals surface area contributed by atoms with Crippen molar-refractivity contribution < 1.29 is 21.7 Å². The van der Waals surface area contributed by atoms with Gasteiger partial charge in [-0.15, -0.1) is 0 Å². The third kappa shape index (κ3) is 3.68. The van der Waals surface area contributed by atoms with Gasteiger partial charge in [0.05, 0.1) is 0 Å². The van der Waals surface area contributed by atoms with E-state index in [1.165, 1.54) is 16.4 Å². The average Bonchev–Trinajstić information content (AvgIpc) is 2.37. The Bertz CT molecular complexity index is 636. The topological polar surface area (TPSA) is 4.10 Å². The Balaban J connectivity index is 0.000000232. The molecule has 0 fully saturated rings. The molecule has 6 heteroatoms. The summed E-state index contributed by atoms with van der Waals surface area (Å²) in [7, 11) is -6.00. The number of nitrogens with zero attached hydrogens (tertiary/aromatic N) is 1. The summed E-state index contributed by atoms with van der Waals surface area (Å²) in [6, 6.07) is 18.9. The number of fused-ring (bicyclic) bond motifs is 3. The second kappa shape index (κ2) is 5.26. The molecule has 1 nitrogen and oxygen atoms in total. The maximum Gasteiger partial charge on any atom is 0.673 e. The summed E-state index contributed by atoms with van der Waals surface area (Å²) < 4.78 is 41.2. The van der Waals surface area contributed by atoms with Crippen molar-refractivity contribution in [2.75, 3.05) is 0 Å². The molecule has 3 aromatic rings. The number of para-hydroxylation sites is 1. The van der Waals surface area contributed by atoms with Crippen LogP contribution in [0.25, 0.3) is 16.4 Å². The van der Waals surface area contributed by atoms with Gasteiger partial charge in [-0.05, 0) is 18.2 Å². The molecule has 0 aliphatic rings. The summed E-state index contributed by atoms with van der Waals surface area (Å²) in [5.41, 5.74) is 2.48. The predicted molar refractivity (Wildman–Crippen MR) is 67.3 cm³/mol. The van der Waals surface area contributed by atoms with Gasteiger partial charge in [-0.3, -0.25) is 0 Å². The van der Waals surface area contributed by atoms with Crippen molar-refractivity contribution in [1.82, 2.24) is 0 Å². The number of hydrogen-bond donors (Lipinski definition) is 0. The highest BCUT2D eigenvalue weighted by Gasteiger charge is 2.20. The molecule has 3 rings (SSSR count). The molecule has 0 radical (unpaired) electrons. The van der Waals surface area contributed by atoms with E-state index in [0.29, 0.717) is 0 Å². The van der Waals surface area contributed by atoms with Crippen molar-refractivity contribution >= 4 is 23.7 Å². The van der Waals surface area contributed by atoms with Crippen LogP contribution < -0.4 is 4.40 Å². The second-order valence-corrected chi connectivity index (χ2v) is 3.88. The molecule has 2 aromatic heterocycles. The van der Waals surface area contributed by atoms with Gasteiger partial charge >= 0.3 is 7.25 Å². The minimum absolute atomic E-state index is 1.23. The van der Waals surface area contributed by atoms with Crippen LogP contribution in [0, 0.1) is 0 Å². The van der Waals surface area contributed by atoms with Gasteiger partial charge in [0.1, 0.15) is 0 Å². The molecule has 0 saturated carbocycles. The minimum atomic E-state index is -6.00. The first-order chi connectivity index (χ1) is 8.95. The van der Waals surface area contributed by atoms with Crippen LogP contribution in [0.5, 0.6) is 0 Å². The molecule has 0 aliphatic heterocycles. The number of halogens is 4. The molecule has 98 valence electrons. The lowest BCUT2D eigenvalue weighted by molar-refractivity contribution is -0.481. The lowest BCUT2D eigenvalue weighted by atomic mass is 10.2. The van der Waals surface area contributed by atoms with Crippen molar-refractivity contribution in [3.63, 3.8) is 0 Å². The standard InChI is InChI=1S/C13H10N.BF4/c1-2-7-13-11(5-1)8-9-12-6-3-4-10-14(12)13;2-1(3,4)5/h1-10H;/q+1;-1. The van der Waals surface area contributed by atoms with Gasteiger partial charge in [0, 0.05) is 29.7 Å². The Labute approximate surface area is 107 Å². The van der Waals surface area contributed by atoms with E-state index in [9.17, 15) is 17.3 Å². The average molecular weight is 267 g/mol. The quantitative estimate of drug-likeness (QED) is 0.252. The van der Waals surface area contributed by atoms with Crippen LogP contribution in [-0.2, 0) is 0 Å². The number of benzene rings is 1. The van der Waals surface area contributed by atoms with E-state index in [1.54, 1.807) is 0 Å². The fourth-order valence-electron chi connectivity index (χ4n) is 1.83. The van der Waals surface area contributed by atoms with Gasteiger partial charge in [-0.25, -0.2) is 0 Å². The summed E-state index contributed by atoms with van der Waals surface area (Å²) >= 11 is 0. The molecule has 0 amide bonds. The van der Waals surface area contributed by atoms with Crippen LogP contribution >= 0.6 is 0 Å². The fourth-order valence-corrected chi connectivity index (χ4v) is 1.83. The fraction of sp³-hybridized carbons (Fsp3) is 0. The number of rotatable bonds is 0. The first-order valence-corrected chi connectivity index (χ1v) is 5.60. The van der Waals surface area contributed by atoms with E-state index in [2.05, 4.69) is 65.2 Å². The van der Waals surface area contributed by atoms with Gasteiger partial charge in [0.2, 0.25) is 11.0 Å². The number of aromatic nitrogens is 1. The van der Waals surface area contributed by atoms with Crippen molar-refractivity contribution in [2.24, 2.45) is 0 Å². The Morgan fingerprint density at radius 3 is 2.11 bits per heavy atom. The Kier molecular flexibility index (Phi) is 3.69. The van der Waals surface area contributed by atoms with Crippen LogP contribution in [0.15, 0.2) is 60.8 Å². The Morgan fingerprint density at radius 1 is 0.737 bits per heavy atom. The number of pyridine rings is 2. The van der Waals surface area contributed by atoms with E-state index < -0.39 is 7.25 Å². The summed E-state index contributed by atoms with van der Waals surface area (Å²) in [6.07, 6.45) is 2.09. The first-order valence-electron chi connectivity index (χ1n) is 5.60.